The van der Waals surface area contributed by atoms with E-state index < -0.39 is 0 Å². The van der Waals surface area contributed by atoms with Crippen LogP contribution in [0.4, 0.5) is 0 Å². The first-order valence-corrected chi connectivity index (χ1v) is 8.51. The highest BCUT2D eigenvalue weighted by atomic mass is 32.1. The molecular weight excluding hydrogens is 302 g/mol. The van der Waals surface area contributed by atoms with Crippen molar-refractivity contribution in [3.8, 4) is 11.8 Å². The summed E-state index contributed by atoms with van der Waals surface area (Å²) in [6.07, 6.45) is 1.42. The summed E-state index contributed by atoms with van der Waals surface area (Å²) in [6, 6.07) is 5.83. The Morgan fingerprint density at radius 1 is 1.38 bits per heavy atom. The molecule has 1 amide bonds. The molecule has 0 radical (unpaired) electrons. The first-order chi connectivity index (χ1) is 10.3. The zero-order chi connectivity index (χ0) is 14.7. The molecule has 0 aliphatic carbocycles. The van der Waals surface area contributed by atoms with Crippen LogP contribution in [0.1, 0.15) is 31.4 Å². The lowest BCUT2D eigenvalue weighted by Crippen LogP contribution is -2.34. The van der Waals surface area contributed by atoms with Crippen LogP contribution in [-0.4, -0.2) is 29.1 Å². The topological polar surface area (TPSA) is 40.5 Å². The van der Waals surface area contributed by atoms with Gasteiger partial charge in [-0.3, -0.25) is 4.79 Å². The number of carbonyl (C=O) groups excluding carboxylic acids is 1. The molecule has 5 heteroatoms. The fourth-order valence-corrected chi connectivity index (χ4v) is 4.04. The minimum atomic E-state index is 0.0704. The number of thiophene rings is 2. The molecule has 0 unspecified atom stereocenters. The maximum Gasteiger partial charge on any atom is 0.264 e. The van der Waals surface area contributed by atoms with Crippen LogP contribution < -0.4 is 0 Å². The van der Waals surface area contributed by atoms with E-state index in [1.165, 1.54) is 21.8 Å². The largest absolute Gasteiger partial charge is 0.395 e. The number of hydrogen-bond acceptors (Lipinski definition) is 4. The fraction of sp³-hybridized carbons (Fsp3) is 0.312. The van der Waals surface area contributed by atoms with Gasteiger partial charge in [-0.15, -0.1) is 22.7 Å². The Hall–Kier alpha value is -1.61. The van der Waals surface area contributed by atoms with Gasteiger partial charge < -0.3 is 10.0 Å². The molecule has 2 aromatic heterocycles. The summed E-state index contributed by atoms with van der Waals surface area (Å²) >= 11 is 3.20. The first kappa shape index (κ1) is 14.3. The molecule has 108 valence electrons. The van der Waals surface area contributed by atoms with Crippen LogP contribution in [0.3, 0.4) is 0 Å². The van der Waals surface area contributed by atoms with E-state index >= 15 is 0 Å². The Morgan fingerprint density at radius 2 is 2.29 bits per heavy atom. The van der Waals surface area contributed by atoms with Crippen molar-refractivity contribution in [2.45, 2.75) is 19.4 Å². The van der Waals surface area contributed by atoms with Crippen molar-refractivity contribution >= 4 is 28.6 Å². The van der Waals surface area contributed by atoms with E-state index in [-0.39, 0.29) is 12.5 Å². The van der Waals surface area contributed by atoms with Gasteiger partial charge in [0.25, 0.3) is 5.91 Å². The number of hydrogen-bond donors (Lipinski definition) is 1. The summed E-state index contributed by atoms with van der Waals surface area (Å²) in [5.41, 5.74) is 1.28. The van der Waals surface area contributed by atoms with Crippen LogP contribution in [0, 0.1) is 11.8 Å². The number of nitrogens with zero attached hydrogens (tertiary/aromatic N) is 1. The Balaban J connectivity index is 1.70. The predicted octanol–water partition coefficient (Wildman–Crippen LogP) is 2.74. The second-order valence-corrected chi connectivity index (χ2v) is 6.87. The molecule has 2 aromatic rings. The van der Waals surface area contributed by atoms with E-state index in [0.717, 1.165) is 22.7 Å². The van der Waals surface area contributed by atoms with Crippen LogP contribution in [-0.2, 0) is 13.0 Å². The van der Waals surface area contributed by atoms with Gasteiger partial charge in [0.05, 0.1) is 16.4 Å². The number of carbonyl (C=O) groups is 1. The van der Waals surface area contributed by atoms with E-state index in [9.17, 15) is 4.79 Å². The highest BCUT2D eigenvalue weighted by Gasteiger charge is 2.23. The lowest BCUT2D eigenvalue weighted by atomic mass is 10.1. The van der Waals surface area contributed by atoms with Crippen molar-refractivity contribution in [2.75, 3.05) is 13.2 Å². The molecule has 0 saturated heterocycles. The lowest BCUT2D eigenvalue weighted by Gasteiger charge is -2.26. The Labute approximate surface area is 131 Å². The number of fused-ring (bicyclic) bond motifs is 1. The summed E-state index contributed by atoms with van der Waals surface area (Å²) in [5, 5.41) is 10.8. The monoisotopic (exact) mass is 317 g/mol. The average Bonchev–Trinajstić information content (AvgIpc) is 3.15. The van der Waals surface area contributed by atoms with Crippen molar-refractivity contribution < 1.29 is 9.90 Å². The molecule has 3 heterocycles. The smallest absolute Gasteiger partial charge is 0.264 e. The van der Waals surface area contributed by atoms with Gasteiger partial charge in [-0.1, -0.05) is 11.8 Å². The Bertz CT molecular complexity index is 705. The van der Waals surface area contributed by atoms with Gasteiger partial charge in [-0.2, -0.15) is 0 Å². The first-order valence-electron chi connectivity index (χ1n) is 6.82. The molecule has 0 saturated carbocycles. The van der Waals surface area contributed by atoms with Gasteiger partial charge in [0, 0.05) is 24.4 Å². The summed E-state index contributed by atoms with van der Waals surface area (Å²) in [7, 11) is 0. The standard InChI is InChI=1S/C16H15NO2S2/c18-9-2-1-3-13-4-5-15(21-13)16(19)17-8-6-14-12(11-17)7-10-20-14/h4-5,7,10,18H,2,6,8-9,11H2. The molecular formula is C16H15NO2S2. The summed E-state index contributed by atoms with van der Waals surface area (Å²) in [4.78, 5) is 17.5. The third kappa shape index (κ3) is 3.18. The maximum absolute atomic E-state index is 12.5. The zero-order valence-corrected chi connectivity index (χ0v) is 13.1. The molecule has 3 nitrogen and oxygen atoms in total. The van der Waals surface area contributed by atoms with Gasteiger partial charge in [0.2, 0.25) is 0 Å². The van der Waals surface area contributed by atoms with Gasteiger partial charge >= 0.3 is 0 Å². The molecule has 1 aliphatic heterocycles. The van der Waals surface area contributed by atoms with Crippen molar-refractivity contribution in [3.05, 3.63) is 43.8 Å². The molecule has 0 bridgehead atoms. The van der Waals surface area contributed by atoms with Crippen molar-refractivity contribution in [2.24, 2.45) is 0 Å². The molecule has 0 atom stereocenters. The summed E-state index contributed by atoms with van der Waals surface area (Å²) < 4.78 is 0. The highest BCUT2D eigenvalue weighted by molar-refractivity contribution is 7.14. The fourth-order valence-electron chi connectivity index (χ4n) is 2.30. The molecule has 0 fully saturated rings. The van der Waals surface area contributed by atoms with Crippen LogP contribution in [0.25, 0.3) is 0 Å². The number of rotatable bonds is 2. The summed E-state index contributed by atoms with van der Waals surface area (Å²) in [5.74, 6) is 5.94. The highest BCUT2D eigenvalue weighted by Crippen LogP contribution is 2.26. The minimum absolute atomic E-state index is 0.0704. The summed E-state index contributed by atoms with van der Waals surface area (Å²) in [6.45, 7) is 1.57. The normalized spacial score (nSPS) is 13.5. The zero-order valence-electron chi connectivity index (χ0n) is 11.5. The van der Waals surface area contributed by atoms with Crippen LogP contribution in [0.5, 0.6) is 0 Å². The predicted molar refractivity (Wildman–Crippen MR) is 85.7 cm³/mol. The van der Waals surface area contributed by atoms with Crippen molar-refractivity contribution in [1.29, 1.82) is 0 Å². The van der Waals surface area contributed by atoms with Gasteiger partial charge in [-0.05, 0) is 35.6 Å². The maximum atomic E-state index is 12.5. The van der Waals surface area contributed by atoms with E-state index in [1.807, 2.05) is 17.0 Å². The third-order valence-corrected chi connectivity index (χ3v) is 5.37. The second kappa shape index (κ2) is 6.44. The molecule has 0 spiro atoms. The molecule has 0 aromatic carbocycles. The lowest BCUT2D eigenvalue weighted by molar-refractivity contribution is 0.0741. The molecule has 21 heavy (non-hydrogen) atoms. The number of amides is 1. The van der Waals surface area contributed by atoms with E-state index in [0.29, 0.717) is 13.0 Å². The third-order valence-electron chi connectivity index (χ3n) is 3.36. The molecule has 1 aliphatic rings. The molecule has 1 N–H and O–H groups in total. The van der Waals surface area contributed by atoms with Gasteiger partial charge in [0.1, 0.15) is 0 Å². The Kier molecular flexibility index (Phi) is 4.39. The Morgan fingerprint density at radius 3 is 3.14 bits per heavy atom. The van der Waals surface area contributed by atoms with E-state index in [2.05, 4.69) is 23.3 Å². The average molecular weight is 317 g/mol. The van der Waals surface area contributed by atoms with Gasteiger partial charge in [-0.25, -0.2) is 0 Å². The van der Waals surface area contributed by atoms with Gasteiger partial charge in [0.15, 0.2) is 0 Å². The van der Waals surface area contributed by atoms with E-state index in [1.54, 1.807) is 11.3 Å². The molecule has 3 rings (SSSR count). The SMILES string of the molecule is O=C(c1ccc(C#CCCO)s1)N1CCc2sccc2C1. The second-order valence-electron chi connectivity index (χ2n) is 4.79. The van der Waals surface area contributed by atoms with Crippen molar-refractivity contribution in [3.63, 3.8) is 0 Å². The van der Waals surface area contributed by atoms with E-state index in [4.69, 9.17) is 5.11 Å². The number of aliphatic hydroxyl groups is 1. The van der Waals surface area contributed by atoms with Crippen molar-refractivity contribution in [1.82, 2.24) is 4.90 Å². The van der Waals surface area contributed by atoms with Crippen LogP contribution in [0.2, 0.25) is 0 Å². The quantitative estimate of drug-likeness (QED) is 0.865. The minimum Gasteiger partial charge on any atom is -0.395 e. The van der Waals surface area contributed by atoms with Crippen LogP contribution >= 0.6 is 22.7 Å². The number of aliphatic hydroxyl groups excluding tert-OH is 1. The van der Waals surface area contributed by atoms with Crippen LogP contribution in [0.15, 0.2) is 23.6 Å².